The number of fused-ring (bicyclic) bond motifs is 4. The molecule has 0 aliphatic carbocycles. The molecular weight excluding hydrogens is 490 g/mol. The van der Waals surface area contributed by atoms with Gasteiger partial charge < -0.3 is 24.5 Å². The van der Waals surface area contributed by atoms with E-state index in [0.29, 0.717) is 5.82 Å². The van der Waals surface area contributed by atoms with Gasteiger partial charge in [0.2, 0.25) is 0 Å². The molecule has 9 heteroatoms. The number of hydrogen-bond donors (Lipinski definition) is 2. The van der Waals surface area contributed by atoms with E-state index < -0.39 is 0 Å². The molecule has 2 aromatic carbocycles. The molecule has 6 aromatic rings. The Morgan fingerprint density at radius 3 is 2.59 bits per heavy atom. The first-order valence-corrected chi connectivity index (χ1v) is 13.2. The lowest BCUT2D eigenvalue weighted by molar-refractivity contribution is 0.393. The van der Waals surface area contributed by atoms with Gasteiger partial charge in [-0.25, -0.2) is 9.97 Å². The molecule has 5 heterocycles. The van der Waals surface area contributed by atoms with E-state index >= 15 is 0 Å². The van der Waals surface area contributed by atoms with Gasteiger partial charge in [-0.3, -0.25) is 4.98 Å². The fraction of sp³-hybridized carbons (Fsp3) is 0.267. The molecular formula is C30H29N7O2. The molecule has 1 fully saturated rings. The van der Waals surface area contributed by atoms with Crippen molar-refractivity contribution in [3.8, 4) is 28.1 Å². The lowest BCUT2D eigenvalue weighted by atomic mass is 9.98. The fourth-order valence-electron chi connectivity index (χ4n) is 5.89. The van der Waals surface area contributed by atoms with Crippen molar-refractivity contribution in [2.24, 2.45) is 0 Å². The van der Waals surface area contributed by atoms with Gasteiger partial charge >= 0.3 is 0 Å². The summed E-state index contributed by atoms with van der Waals surface area (Å²) in [4.78, 5) is 20.6. The van der Waals surface area contributed by atoms with Crippen LogP contribution in [0.1, 0.15) is 17.3 Å². The van der Waals surface area contributed by atoms with Crippen LogP contribution in [0.3, 0.4) is 0 Å². The third-order valence-corrected chi connectivity index (χ3v) is 7.65. The highest BCUT2D eigenvalue weighted by Gasteiger charge is 2.22. The largest absolute Gasteiger partial charge is 0.496 e. The highest BCUT2D eigenvalue weighted by atomic mass is 16.5. The van der Waals surface area contributed by atoms with E-state index in [2.05, 4.69) is 56.8 Å². The number of para-hydroxylation sites is 1. The van der Waals surface area contributed by atoms with Crippen molar-refractivity contribution < 1.29 is 9.26 Å². The Balaban J connectivity index is 1.49. The summed E-state index contributed by atoms with van der Waals surface area (Å²) in [5, 5.41) is 10.6. The van der Waals surface area contributed by atoms with Gasteiger partial charge in [0.1, 0.15) is 23.0 Å². The number of anilines is 1. The maximum absolute atomic E-state index is 5.88. The summed E-state index contributed by atoms with van der Waals surface area (Å²) in [6, 6.07) is 12.6. The number of nitrogens with one attached hydrogen (secondary N) is 2. The van der Waals surface area contributed by atoms with Crippen molar-refractivity contribution in [1.29, 1.82) is 0 Å². The smallest absolute Gasteiger partial charge is 0.142 e. The molecule has 2 N–H and O–H groups in total. The molecule has 196 valence electrons. The quantitative estimate of drug-likeness (QED) is 0.322. The van der Waals surface area contributed by atoms with Gasteiger partial charge in [-0.2, -0.15) is 0 Å². The number of aromatic amines is 1. The van der Waals surface area contributed by atoms with Crippen LogP contribution in [0.5, 0.6) is 5.75 Å². The molecule has 1 saturated heterocycles. The monoisotopic (exact) mass is 519 g/mol. The maximum Gasteiger partial charge on any atom is 0.142 e. The molecule has 1 aliphatic rings. The van der Waals surface area contributed by atoms with Gasteiger partial charge in [-0.05, 0) is 45.0 Å². The number of piperazine rings is 1. The standard InChI is InChI=1S/C30H29N7O2/c1-16-26(17(2)39-36-16)22-14-23-21(15-25(22)38-4)27-29(33-18(3)34-30(27)35-23)20-8-9-32-28-19(20)6-5-7-24(28)37-12-10-31-11-13-37/h5-9,14-15,31H,10-13H2,1-4H3,(H,33,34,35). The number of rotatable bonds is 4. The molecule has 0 bridgehead atoms. The zero-order valence-corrected chi connectivity index (χ0v) is 22.4. The number of H-pyrrole nitrogens is 1. The van der Waals surface area contributed by atoms with E-state index in [4.69, 9.17) is 24.2 Å². The van der Waals surface area contributed by atoms with Crippen molar-refractivity contribution in [3.63, 3.8) is 0 Å². The zero-order valence-electron chi connectivity index (χ0n) is 22.4. The van der Waals surface area contributed by atoms with Crippen LogP contribution in [0.2, 0.25) is 0 Å². The molecule has 0 atom stereocenters. The number of ether oxygens (including phenoxy) is 1. The van der Waals surface area contributed by atoms with E-state index in [0.717, 1.165) is 104 Å². The van der Waals surface area contributed by atoms with Crippen LogP contribution >= 0.6 is 0 Å². The second kappa shape index (κ2) is 9.06. The first kappa shape index (κ1) is 23.6. The SMILES string of the molecule is COc1cc2c(cc1-c1c(C)noc1C)[nH]c1nc(C)nc(-c3ccnc4c(N5CCNCC5)cccc34)c12. The predicted octanol–water partition coefficient (Wildman–Crippen LogP) is 5.32. The Hall–Kier alpha value is -4.50. The second-order valence-electron chi connectivity index (χ2n) is 10.0. The summed E-state index contributed by atoms with van der Waals surface area (Å²) in [5.74, 6) is 2.19. The number of aromatic nitrogens is 5. The number of methoxy groups -OCH3 is 1. The highest BCUT2D eigenvalue weighted by molar-refractivity contribution is 6.16. The van der Waals surface area contributed by atoms with Gasteiger partial charge in [0.25, 0.3) is 0 Å². The van der Waals surface area contributed by atoms with Crippen LogP contribution in [-0.4, -0.2) is 58.4 Å². The molecule has 1 aliphatic heterocycles. The van der Waals surface area contributed by atoms with E-state index in [1.54, 1.807) is 7.11 Å². The van der Waals surface area contributed by atoms with Crippen molar-refractivity contribution in [3.05, 3.63) is 59.9 Å². The topological polar surface area (TPSA) is 105 Å². The normalized spacial score (nSPS) is 14.1. The first-order chi connectivity index (χ1) is 19.0. The number of aryl methyl sites for hydroxylation is 3. The summed E-state index contributed by atoms with van der Waals surface area (Å²) in [7, 11) is 1.69. The third kappa shape index (κ3) is 3.72. The van der Waals surface area contributed by atoms with Crippen LogP contribution in [0.4, 0.5) is 5.69 Å². The van der Waals surface area contributed by atoms with Crippen LogP contribution < -0.4 is 15.0 Å². The van der Waals surface area contributed by atoms with Gasteiger partial charge in [0.15, 0.2) is 0 Å². The summed E-state index contributed by atoms with van der Waals surface area (Å²) >= 11 is 0. The zero-order chi connectivity index (χ0) is 26.7. The van der Waals surface area contributed by atoms with Crippen LogP contribution in [0, 0.1) is 20.8 Å². The van der Waals surface area contributed by atoms with Crippen molar-refractivity contribution >= 4 is 38.5 Å². The molecule has 39 heavy (non-hydrogen) atoms. The minimum absolute atomic E-state index is 0.699. The van der Waals surface area contributed by atoms with E-state index in [9.17, 15) is 0 Å². The van der Waals surface area contributed by atoms with Crippen molar-refractivity contribution in [1.82, 2.24) is 30.4 Å². The van der Waals surface area contributed by atoms with Gasteiger partial charge in [0, 0.05) is 59.8 Å². The lowest BCUT2D eigenvalue weighted by Crippen LogP contribution is -2.43. The molecule has 0 unspecified atom stereocenters. The molecule has 0 radical (unpaired) electrons. The number of nitrogens with zero attached hydrogens (tertiary/aromatic N) is 5. The molecule has 0 saturated carbocycles. The van der Waals surface area contributed by atoms with E-state index in [1.807, 2.05) is 27.0 Å². The third-order valence-electron chi connectivity index (χ3n) is 7.65. The first-order valence-electron chi connectivity index (χ1n) is 13.2. The number of hydrogen-bond acceptors (Lipinski definition) is 8. The minimum atomic E-state index is 0.699. The maximum atomic E-state index is 5.88. The number of pyridine rings is 1. The molecule has 0 amide bonds. The highest BCUT2D eigenvalue weighted by Crippen LogP contribution is 2.42. The lowest BCUT2D eigenvalue weighted by Gasteiger charge is -2.30. The summed E-state index contributed by atoms with van der Waals surface area (Å²) in [6.07, 6.45) is 1.89. The Morgan fingerprint density at radius 2 is 1.82 bits per heavy atom. The summed E-state index contributed by atoms with van der Waals surface area (Å²) in [5.41, 5.74) is 8.46. The summed E-state index contributed by atoms with van der Waals surface area (Å²) < 4.78 is 11.3. The Morgan fingerprint density at radius 1 is 0.974 bits per heavy atom. The van der Waals surface area contributed by atoms with E-state index in [-0.39, 0.29) is 0 Å². The van der Waals surface area contributed by atoms with Crippen LogP contribution in [0.15, 0.2) is 47.1 Å². The van der Waals surface area contributed by atoms with Crippen LogP contribution in [-0.2, 0) is 0 Å². The molecule has 9 nitrogen and oxygen atoms in total. The van der Waals surface area contributed by atoms with Gasteiger partial charge in [0.05, 0.1) is 40.7 Å². The average molecular weight is 520 g/mol. The van der Waals surface area contributed by atoms with Crippen LogP contribution in [0.25, 0.3) is 55.2 Å². The van der Waals surface area contributed by atoms with Crippen molar-refractivity contribution in [2.45, 2.75) is 20.8 Å². The van der Waals surface area contributed by atoms with E-state index in [1.165, 1.54) is 0 Å². The van der Waals surface area contributed by atoms with Crippen molar-refractivity contribution in [2.75, 3.05) is 38.2 Å². The second-order valence-corrected chi connectivity index (χ2v) is 10.0. The molecule has 4 aromatic heterocycles. The Bertz CT molecular complexity index is 1860. The number of benzene rings is 2. The Kier molecular flexibility index (Phi) is 5.48. The fourth-order valence-corrected chi connectivity index (χ4v) is 5.89. The molecule has 0 spiro atoms. The van der Waals surface area contributed by atoms with Gasteiger partial charge in [-0.15, -0.1) is 0 Å². The minimum Gasteiger partial charge on any atom is -0.496 e. The Labute approximate surface area is 225 Å². The average Bonchev–Trinajstić information content (AvgIpc) is 3.49. The molecule has 7 rings (SSSR count). The van der Waals surface area contributed by atoms with Gasteiger partial charge in [-0.1, -0.05) is 17.3 Å². The predicted molar refractivity (Wildman–Crippen MR) is 153 cm³/mol. The summed E-state index contributed by atoms with van der Waals surface area (Å²) in [6.45, 7) is 9.63.